The molecule has 0 aliphatic carbocycles. The highest BCUT2D eigenvalue weighted by molar-refractivity contribution is 5.94. The molecule has 6 heteroatoms. The molecule has 2 heterocycles. The lowest BCUT2D eigenvalue weighted by atomic mass is 10.1. The normalized spacial score (nSPS) is 14.7. The summed E-state index contributed by atoms with van der Waals surface area (Å²) in [6, 6.07) is 18.7. The fourth-order valence-electron chi connectivity index (χ4n) is 3.98. The average molecular weight is 418 g/mol. The van der Waals surface area contributed by atoms with E-state index in [2.05, 4.69) is 58.3 Å². The van der Waals surface area contributed by atoms with Gasteiger partial charge in [0.25, 0.3) is 5.91 Å². The number of nitrogens with zero attached hydrogens (tertiary/aromatic N) is 4. The fraction of sp³-hybridized carbons (Fsp3) is 0.360. The van der Waals surface area contributed by atoms with Crippen LogP contribution in [0.5, 0.6) is 0 Å². The molecule has 6 nitrogen and oxygen atoms in total. The maximum atomic E-state index is 12.5. The van der Waals surface area contributed by atoms with Gasteiger partial charge in [-0.05, 0) is 68.3 Å². The molecular weight excluding hydrogens is 386 g/mol. The van der Waals surface area contributed by atoms with Gasteiger partial charge in [-0.1, -0.05) is 12.1 Å². The van der Waals surface area contributed by atoms with E-state index < -0.39 is 0 Å². The number of nitrogens with one attached hydrogen (secondary N) is 1. The summed E-state index contributed by atoms with van der Waals surface area (Å²) in [5.74, 6) is -0.0238. The summed E-state index contributed by atoms with van der Waals surface area (Å²) < 4.78 is 1.83. The van der Waals surface area contributed by atoms with E-state index in [0.29, 0.717) is 18.2 Å². The molecule has 162 valence electrons. The Hall–Kier alpha value is -3.12. The van der Waals surface area contributed by atoms with Gasteiger partial charge in [-0.3, -0.25) is 9.69 Å². The molecule has 0 radical (unpaired) electrons. The lowest BCUT2D eigenvalue weighted by molar-refractivity contribution is 0.0954. The molecule has 1 aliphatic rings. The van der Waals surface area contributed by atoms with Crippen LogP contribution < -0.4 is 10.2 Å². The van der Waals surface area contributed by atoms with Crippen molar-refractivity contribution >= 4 is 11.6 Å². The zero-order valence-electron chi connectivity index (χ0n) is 18.4. The largest absolute Gasteiger partial charge is 0.369 e. The lowest BCUT2D eigenvalue weighted by Gasteiger charge is -2.38. The van der Waals surface area contributed by atoms with Gasteiger partial charge in [0, 0.05) is 62.4 Å². The number of piperazine rings is 1. The Kier molecular flexibility index (Phi) is 6.67. The second kappa shape index (κ2) is 9.79. The van der Waals surface area contributed by atoms with E-state index in [-0.39, 0.29) is 5.91 Å². The molecule has 31 heavy (non-hydrogen) atoms. The van der Waals surface area contributed by atoms with Crippen LogP contribution in [0.1, 0.15) is 29.8 Å². The SMILES string of the molecule is CC(C)N1CCN(c2ccc(C(=O)NCCc3ccc(-n4cccn4)cc3)cc2)CC1. The highest BCUT2D eigenvalue weighted by Gasteiger charge is 2.19. The third kappa shape index (κ3) is 5.33. The van der Waals surface area contributed by atoms with Crippen molar-refractivity contribution in [3.63, 3.8) is 0 Å². The van der Waals surface area contributed by atoms with Crippen molar-refractivity contribution < 1.29 is 4.79 Å². The predicted molar refractivity (Wildman–Crippen MR) is 125 cm³/mol. The first-order valence-corrected chi connectivity index (χ1v) is 11.1. The van der Waals surface area contributed by atoms with Crippen molar-refractivity contribution in [1.82, 2.24) is 20.0 Å². The Labute approximate surface area is 184 Å². The average Bonchev–Trinajstić information content (AvgIpc) is 3.35. The quantitative estimate of drug-likeness (QED) is 0.640. The number of carbonyl (C=O) groups excluding carboxylic acids is 1. The van der Waals surface area contributed by atoms with Gasteiger partial charge >= 0.3 is 0 Å². The van der Waals surface area contributed by atoms with E-state index in [4.69, 9.17) is 0 Å². The van der Waals surface area contributed by atoms with Gasteiger partial charge in [0.1, 0.15) is 0 Å². The van der Waals surface area contributed by atoms with Crippen LogP contribution in [0.4, 0.5) is 5.69 Å². The molecule has 1 amide bonds. The number of rotatable bonds is 7. The molecule has 1 N–H and O–H groups in total. The number of carbonyl (C=O) groups is 1. The molecule has 0 bridgehead atoms. The van der Waals surface area contributed by atoms with Gasteiger partial charge in [0.15, 0.2) is 0 Å². The predicted octanol–water partition coefficient (Wildman–Crippen LogP) is 3.38. The number of amides is 1. The van der Waals surface area contributed by atoms with Crippen LogP contribution in [-0.4, -0.2) is 59.4 Å². The summed E-state index contributed by atoms with van der Waals surface area (Å²) in [5, 5.41) is 7.27. The van der Waals surface area contributed by atoms with Crippen LogP contribution in [0, 0.1) is 0 Å². The van der Waals surface area contributed by atoms with Crippen LogP contribution in [0.2, 0.25) is 0 Å². The van der Waals surface area contributed by atoms with Gasteiger partial charge < -0.3 is 10.2 Å². The molecule has 3 aromatic rings. The van der Waals surface area contributed by atoms with E-state index in [1.54, 1.807) is 6.20 Å². The molecule has 2 aromatic carbocycles. The zero-order valence-corrected chi connectivity index (χ0v) is 18.4. The maximum absolute atomic E-state index is 12.5. The number of anilines is 1. The van der Waals surface area contributed by atoms with Gasteiger partial charge in [0.05, 0.1) is 5.69 Å². The number of hydrogen-bond acceptors (Lipinski definition) is 4. The van der Waals surface area contributed by atoms with Crippen LogP contribution >= 0.6 is 0 Å². The van der Waals surface area contributed by atoms with E-state index in [0.717, 1.165) is 38.3 Å². The topological polar surface area (TPSA) is 53.4 Å². The van der Waals surface area contributed by atoms with Crippen molar-refractivity contribution in [1.29, 1.82) is 0 Å². The second-order valence-corrected chi connectivity index (χ2v) is 8.29. The number of hydrogen-bond donors (Lipinski definition) is 1. The Morgan fingerprint density at radius 3 is 2.26 bits per heavy atom. The maximum Gasteiger partial charge on any atom is 0.251 e. The highest BCUT2D eigenvalue weighted by atomic mass is 16.1. The van der Waals surface area contributed by atoms with Crippen LogP contribution in [0.15, 0.2) is 67.0 Å². The van der Waals surface area contributed by atoms with Crippen LogP contribution in [0.25, 0.3) is 5.69 Å². The first-order valence-electron chi connectivity index (χ1n) is 11.1. The third-order valence-corrected chi connectivity index (χ3v) is 5.94. The highest BCUT2D eigenvalue weighted by Crippen LogP contribution is 2.18. The Morgan fingerprint density at radius 1 is 0.968 bits per heavy atom. The van der Waals surface area contributed by atoms with E-state index >= 15 is 0 Å². The third-order valence-electron chi connectivity index (χ3n) is 5.94. The molecule has 0 saturated carbocycles. The van der Waals surface area contributed by atoms with E-state index in [1.807, 2.05) is 41.2 Å². The molecule has 1 saturated heterocycles. The summed E-state index contributed by atoms with van der Waals surface area (Å²) in [6.07, 6.45) is 4.48. The lowest BCUT2D eigenvalue weighted by Crippen LogP contribution is -2.48. The van der Waals surface area contributed by atoms with Crippen molar-refractivity contribution in [2.24, 2.45) is 0 Å². The van der Waals surface area contributed by atoms with Crippen molar-refractivity contribution in [3.05, 3.63) is 78.1 Å². The first-order chi connectivity index (χ1) is 15.1. The Morgan fingerprint density at radius 2 is 1.65 bits per heavy atom. The van der Waals surface area contributed by atoms with Crippen LogP contribution in [-0.2, 0) is 6.42 Å². The number of aromatic nitrogens is 2. The molecule has 0 unspecified atom stereocenters. The summed E-state index contributed by atoms with van der Waals surface area (Å²) in [6.45, 7) is 9.34. The van der Waals surface area contributed by atoms with Crippen molar-refractivity contribution in [3.8, 4) is 5.69 Å². The molecule has 1 fully saturated rings. The van der Waals surface area contributed by atoms with E-state index in [9.17, 15) is 4.79 Å². The van der Waals surface area contributed by atoms with Gasteiger partial charge in [-0.2, -0.15) is 5.10 Å². The van der Waals surface area contributed by atoms with Crippen LogP contribution in [0.3, 0.4) is 0 Å². The summed E-state index contributed by atoms with van der Waals surface area (Å²) >= 11 is 0. The molecule has 0 atom stereocenters. The molecule has 1 aromatic heterocycles. The standard InChI is InChI=1S/C25H31N5O/c1-20(2)28-16-18-29(19-17-28)23-10-6-22(7-11-23)25(31)26-14-12-21-4-8-24(9-5-21)30-15-3-13-27-30/h3-11,13,15,20H,12,14,16-19H2,1-2H3,(H,26,31). The molecule has 1 aliphatic heterocycles. The second-order valence-electron chi connectivity index (χ2n) is 8.29. The van der Waals surface area contributed by atoms with Gasteiger partial charge in [-0.15, -0.1) is 0 Å². The minimum atomic E-state index is -0.0238. The summed E-state index contributed by atoms with van der Waals surface area (Å²) in [5.41, 5.74) is 4.12. The summed E-state index contributed by atoms with van der Waals surface area (Å²) in [4.78, 5) is 17.4. The zero-order chi connectivity index (χ0) is 21.6. The number of benzene rings is 2. The van der Waals surface area contributed by atoms with Gasteiger partial charge in [0.2, 0.25) is 0 Å². The van der Waals surface area contributed by atoms with Crippen molar-refractivity contribution in [2.45, 2.75) is 26.3 Å². The minimum Gasteiger partial charge on any atom is -0.369 e. The Bertz CT molecular complexity index is 956. The minimum absolute atomic E-state index is 0.0238. The van der Waals surface area contributed by atoms with Crippen molar-refractivity contribution in [2.75, 3.05) is 37.6 Å². The Balaban J connectivity index is 1.24. The first kappa shape index (κ1) is 21.1. The van der Waals surface area contributed by atoms with E-state index in [1.165, 1.54) is 11.3 Å². The summed E-state index contributed by atoms with van der Waals surface area (Å²) in [7, 11) is 0. The van der Waals surface area contributed by atoms with Gasteiger partial charge in [-0.25, -0.2) is 4.68 Å². The molecule has 4 rings (SSSR count). The monoisotopic (exact) mass is 417 g/mol. The molecule has 0 spiro atoms. The molecular formula is C25H31N5O. The smallest absolute Gasteiger partial charge is 0.251 e. The fourth-order valence-corrected chi connectivity index (χ4v) is 3.98.